The van der Waals surface area contributed by atoms with Crippen LogP contribution in [-0.4, -0.2) is 37.1 Å². The third-order valence-electron chi connectivity index (χ3n) is 4.39. The first-order chi connectivity index (χ1) is 14.9. The van der Waals surface area contributed by atoms with Gasteiger partial charge in [0.1, 0.15) is 6.04 Å². The van der Waals surface area contributed by atoms with Crippen LogP contribution in [0.2, 0.25) is 0 Å². The molecule has 0 aliphatic rings. The summed E-state index contributed by atoms with van der Waals surface area (Å²) in [5.41, 5.74) is 1.20. The predicted molar refractivity (Wildman–Crippen MR) is 117 cm³/mol. The van der Waals surface area contributed by atoms with Gasteiger partial charge >= 0.3 is 12.0 Å². The Bertz CT molecular complexity index is 910. The zero-order chi connectivity index (χ0) is 22.6. The number of amides is 3. The van der Waals surface area contributed by atoms with E-state index in [2.05, 4.69) is 10.6 Å². The van der Waals surface area contributed by atoms with Crippen LogP contribution in [0.25, 0.3) is 0 Å². The number of nitrogens with one attached hydrogen (secondary N) is 2. The number of rotatable bonds is 9. The maximum atomic E-state index is 12.6. The van der Waals surface area contributed by atoms with Crippen molar-refractivity contribution in [3.63, 3.8) is 0 Å². The molecule has 0 saturated carbocycles. The Morgan fingerprint density at radius 3 is 2.23 bits per heavy atom. The second kappa shape index (κ2) is 12.0. The summed E-state index contributed by atoms with van der Waals surface area (Å²) in [6.45, 7) is 3.21. The number of hydrogen-bond acceptors (Lipinski definition) is 5. The smallest absolute Gasteiger partial charge is 0.329 e. The topological polar surface area (TPSA) is 112 Å². The predicted octanol–water partition coefficient (Wildman–Crippen LogP) is 3.32. The van der Waals surface area contributed by atoms with Crippen LogP contribution in [0.5, 0.6) is 0 Å². The van der Waals surface area contributed by atoms with Crippen molar-refractivity contribution in [3.05, 3.63) is 60.7 Å². The van der Waals surface area contributed by atoms with Crippen molar-refractivity contribution in [1.29, 1.82) is 5.26 Å². The van der Waals surface area contributed by atoms with Gasteiger partial charge in [0.2, 0.25) is 0 Å². The molecule has 0 spiro atoms. The number of carbonyl (C=O) groups excluding carboxylic acids is 3. The van der Waals surface area contributed by atoms with Crippen LogP contribution in [-0.2, 0) is 14.3 Å². The second-order valence-electron chi connectivity index (χ2n) is 7.08. The Morgan fingerprint density at radius 1 is 1.03 bits per heavy atom. The summed E-state index contributed by atoms with van der Waals surface area (Å²) < 4.78 is 5.21. The molecular weight excluding hydrogens is 396 g/mol. The van der Waals surface area contributed by atoms with E-state index in [-0.39, 0.29) is 18.9 Å². The normalized spacial score (nSPS) is 11.2. The number of hydrogen-bond donors (Lipinski definition) is 2. The molecule has 0 heterocycles. The van der Waals surface area contributed by atoms with Gasteiger partial charge in [0.15, 0.2) is 6.61 Å². The van der Waals surface area contributed by atoms with E-state index in [4.69, 9.17) is 10.00 Å². The summed E-state index contributed by atoms with van der Waals surface area (Å²) in [7, 11) is 0. The van der Waals surface area contributed by atoms with Crippen LogP contribution in [0.1, 0.15) is 20.3 Å². The fourth-order valence-electron chi connectivity index (χ4n) is 2.80. The number of carbonyl (C=O) groups is 3. The van der Waals surface area contributed by atoms with E-state index >= 15 is 0 Å². The third kappa shape index (κ3) is 7.48. The molecule has 2 aromatic carbocycles. The number of nitriles is 1. The Balaban J connectivity index is 1.97. The zero-order valence-electron chi connectivity index (χ0n) is 17.6. The van der Waals surface area contributed by atoms with Crippen molar-refractivity contribution in [2.45, 2.75) is 26.3 Å². The molecule has 0 bridgehead atoms. The molecule has 8 nitrogen and oxygen atoms in total. The maximum Gasteiger partial charge on any atom is 0.329 e. The van der Waals surface area contributed by atoms with Crippen molar-refractivity contribution in [1.82, 2.24) is 5.32 Å². The fourth-order valence-corrected chi connectivity index (χ4v) is 2.80. The first kappa shape index (κ1) is 23.4. The average molecular weight is 422 g/mol. The van der Waals surface area contributed by atoms with Gasteiger partial charge in [0.25, 0.3) is 5.91 Å². The molecular formula is C23H26N4O4. The minimum Gasteiger partial charge on any atom is -0.454 e. The highest BCUT2D eigenvalue weighted by atomic mass is 16.5. The molecule has 8 heteroatoms. The number of esters is 1. The zero-order valence-corrected chi connectivity index (χ0v) is 17.6. The molecule has 31 heavy (non-hydrogen) atoms. The highest BCUT2D eigenvalue weighted by Gasteiger charge is 2.27. The summed E-state index contributed by atoms with van der Waals surface area (Å²) >= 11 is 0. The largest absolute Gasteiger partial charge is 0.454 e. The lowest BCUT2D eigenvalue weighted by atomic mass is 10.1. The van der Waals surface area contributed by atoms with Gasteiger partial charge in [-0.25, -0.2) is 9.59 Å². The molecule has 0 fully saturated rings. The molecule has 0 saturated heterocycles. The molecule has 2 rings (SSSR count). The summed E-state index contributed by atoms with van der Waals surface area (Å²) in [5.74, 6) is -1.42. The molecule has 0 aliphatic heterocycles. The molecule has 0 aliphatic carbocycles. The Morgan fingerprint density at radius 2 is 1.65 bits per heavy atom. The van der Waals surface area contributed by atoms with Gasteiger partial charge in [0, 0.05) is 17.9 Å². The Labute approximate surface area is 181 Å². The molecule has 0 radical (unpaired) electrons. The molecule has 1 atom stereocenters. The van der Waals surface area contributed by atoms with E-state index in [1.165, 1.54) is 4.90 Å². The number of anilines is 2. The lowest BCUT2D eigenvalue weighted by Gasteiger charge is -2.24. The van der Waals surface area contributed by atoms with Gasteiger partial charge in [-0.2, -0.15) is 5.26 Å². The van der Waals surface area contributed by atoms with Crippen LogP contribution in [0.15, 0.2) is 60.7 Å². The summed E-state index contributed by atoms with van der Waals surface area (Å²) in [6.07, 6.45) is 0.143. The number of benzene rings is 2. The molecule has 3 amide bonds. The van der Waals surface area contributed by atoms with E-state index in [0.29, 0.717) is 11.4 Å². The average Bonchev–Trinajstić information content (AvgIpc) is 2.77. The van der Waals surface area contributed by atoms with E-state index in [0.717, 1.165) is 0 Å². The number of para-hydroxylation sites is 2. The first-order valence-corrected chi connectivity index (χ1v) is 9.94. The van der Waals surface area contributed by atoms with Gasteiger partial charge in [-0.05, 0) is 30.2 Å². The van der Waals surface area contributed by atoms with Crippen molar-refractivity contribution >= 4 is 29.3 Å². The number of nitrogens with zero attached hydrogens (tertiary/aromatic N) is 2. The van der Waals surface area contributed by atoms with Gasteiger partial charge in [-0.3, -0.25) is 4.79 Å². The van der Waals surface area contributed by atoms with E-state index in [1.54, 1.807) is 62.4 Å². The Kier molecular flexibility index (Phi) is 9.05. The van der Waals surface area contributed by atoms with Crippen molar-refractivity contribution in [2.24, 2.45) is 5.92 Å². The fraction of sp³-hybridized carbons (Fsp3) is 0.304. The summed E-state index contributed by atoms with van der Waals surface area (Å²) in [5, 5.41) is 14.1. The highest BCUT2D eigenvalue weighted by Crippen LogP contribution is 2.14. The minimum absolute atomic E-state index is 0.143. The van der Waals surface area contributed by atoms with Gasteiger partial charge < -0.3 is 20.3 Å². The van der Waals surface area contributed by atoms with E-state index in [9.17, 15) is 14.4 Å². The second-order valence-corrected chi connectivity index (χ2v) is 7.08. The number of ether oxygens (including phenoxy) is 1. The quantitative estimate of drug-likeness (QED) is 0.602. The molecule has 2 aromatic rings. The van der Waals surface area contributed by atoms with E-state index in [1.807, 2.05) is 18.2 Å². The minimum atomic E-state index is -0.930. The summed E-state index contributed by atoms with van der Waals surface area (Å²) in [6, 6.07) is 18.2. The van der Waals surface area contributed by atoms with Crippen LogP contribution in [0, 0.1) is 17.2 Å². The highest BCUT2D eigenvalue weighted by molar-refractivity contribution is 5.96. The van der Waals surface area contributed by atoms with Crippen LogP contribution < -0.4 is 15.5 Å². The molecule has 0 unspecified atom stereocenters. The molecule has 162 valence electrons. The first-order valence-electron chi connectivity index (χ1n) is 9.94. The SMILES string of the molecule is CC(C)[C@H](NC(=O)Nc1ccccc1)C(=O)OCC(=O)N(CCC#N)c1ccccc1. The van der Waals surface area contributed by atoms with Gasteiger partial charge in [0.05, 0.1) is 12.5 Å². The monoisotopic (exact) mass is 422 g/mol. The van der Waals surface area contributed by atoms with E-state index < -0.39 is 30.6 Å². The number of urea groups is 1. The van der Waals surface area contributed by atoms with Gasteiger partial charge in [-0.15, -0.1) is 0 Å². The van der Waals surface area contributed by atoms with Crippen molar-refractivity contribution in [3.8, 4) is 6.07 Å². The molecule has 2 N–H and O–H groups in total. The maximum absolute atomic E-state index is 12.6. The van der Waals surface area contributed by atoms with Crippen molar-refractivity contribution < 1.29 is 19.1 Å². The van der Waals surface area contributed by atoms with Crippen molar-refractivity contribution in [2.75, 3.05) is 23.4 Å². The standard InChI is InChI=1S/C23H26N4O4/c1-17(2)21(26-23(30)25-18-10-5-3-6-11-18)22(29)31-16-20(28)27(15-9-14-24)19-12-7-4-8-13-19/h3-8,10-13,17,21H,9,15-16H2,1-2H3,(H2,25,26,30)/t21-/m0/s1. The third-order valence-corrected chi connectivity index (χ3v) is 4.39. The van der Waals surface area contributed by atoms with Crippen LogP contribution >= 0.6 is 0 Å². The lowest BCUT2D eigenvalue weighted by Crippen LogP contribution is -2.48. The van der Waals surface area contributed by atoms with Crippen LogP contribution in [0.3, 0.4) is 0 Å². The molecule has 0 aromatic heterocycles. The summed E-state index contributed by atoms with van der Waals surface area (Å²) in [4.78, 5) is 38.9. The van der Waals surface area contributed by atoms with Crippen LogP contribution in [0.4, 0.5) is 16.2 Å². The Hall–Kier alpha value is -3.86. The lowest BCUT2D eigenvalue weighted by molar-refractivity contribution is -0.150. The van der Waals surface area contributed by atoms with Gasteiger partial charge in [-0.1, -0.05) is 50.2 Å².